The average molecular weight is 1680 g/mol. The van der Waals surface area contributed by atoms with Gasteiger partial charge in [0.05, 0.1) is 56.0 Å². The molecule has 33 aliphatic rings. The molecule has 2 aromatic rings. The lowest BCUT2D eigenvalue weighted by Crippen LogP contribution is -2.69. The lowest BCUT2D eigenvalue weighted by atomic mass is 9.94. The summed E-state index contributed by atoms with van der Waals surface area (Å²) in [5.41, 5.74) is 0.959. The van der Waals surface area contributed by atoms with E-state index in [0.29, 0.717) is 11.1 Å². The lowest BCUT2D eigenvalue weighted by molar-refractivity contribution is -0.402. The van der Waals surface area contributed by atoms with Crippen LogP contribution in [0.5, 0.6) is 0 Å². The van der Waals surface area contributed by atoms with Crippen LogP contribution in [0, 0.1) is 0 Å². The first-order chi connectivity index (χ1) is 55.2. The minimum atomic E-state index is -4.73. The summed E-state index contributed by atoms with van der Waals surface area (Å²) in [5, 5.41) is 0. The molecule has 35 atom stereocenters. The Hall–Kier alpha value is -3.06. The van der Waals surface area contributed by atoms with Gasteiger partial charge in [0.2, 0.25) is 0 Å². The molecule has 2 aromatic carbocycles. The topological polar surface area (TPSA) is 391 Å². The third-order valence-electron chi connectivity index (χ3n) is 22.0. The number of ether oxygens (including phenoxy) is 33. The number of hydrogen-bond acceptors (Lipinski definition) is 39. The molecule has 0 radical (unpaired) electrons. The Kier molecular flexibility index (Phi) is 33.9. The van der Waals surface area contributed by atoms with Crippen molar-refractivity contribution in [3.05, 3.63) is 48.5 Å². The van der Waals surface area contributed by atoms with E-state index < -0.39 is 248 Å². The van der Waals surface area contributed by atoms with Crippen LogP contribution in [-0.4, -0.2) is 413 Å². The zero-order chi connectivity index (χ0) is 81.9. The minimum Gasteiger partial charge on any atom is -0.382 e. The Labute approximate surface area is 664 Å². The van der Waals surface area contributed by atoms with Crippen LogP contribution in [-0.2, 0) is 185 Å². The predicted molar refractivity (Wildman–Crippen MR) is 383 cm³/mol. The van der Waals surface area contributed by atoms with Gasteiger partial charge in [-0.2, -0.15) is 16.8 Å². The Morgan fingerprint density at radius 3 is 0.596 bits per heavy atom. The third-order valence-corrected chi connectivity index (χ3v) is 24.6. The molecule has 16 fully saturated rings. The molecule has 0 spiro atoms. The van der Waals surface area contributed by atoms with E-state index in [1.165, 1.54) is 184 Å². The van der Waals surface area contributed by atoms with Gasteiger partial charge in [0.1, 0.15) is 171 Å². The fourth-order valence-electron chi connectivity index (χ4n) is 16.6. The fraction of sp³-hybridized carbons (Fsp3) is 0.836. The molecule has 39 nitrogen and oxygen atoms in total. The van der Waals surface area contributed by atoms with Gasteiger partial charge in [-0.15, -0.1) is 0 Å². The van der Waals surface area contributed by atoms with Gasteiger partial charge in [-0.1, -0.05) is 24.3 Å². The van der Waals surface area contributed by atoms with Crippen LogP contribution in [0.1, 0.15) is 0 Å². The zero-order valence-electron chi connectivity index (χ0n) is 67.5. The van der Waals surface area contributed by atoms with Crippen molar-refractivity contribution < 1.29 is 182 Å². The van der Waals surface area contributed by atoms with Crippen LogP contribution in [0.15, 0.2) is 58.3 Å². The molecule has 41 heteroatoms. The van der Waals surface area contributed by atoms with Crippen molar-refractivity contribution in [1.82, 2.24) is 0 Å². The molecular weight excluding hydrogens is 1560 g/mol. The highest BCUT2D eigenvalue weighted by Gasteiger charge is 2.63. The second-order valence-electron chi connectivity index (χ2n) is 28.1. The van der Waals surface area contributed by atoms with E-state index in [-0.39, 0.29) is 42.8 Å². The number of rotatable bonds is 24. The molecule has 20 bridgehead atoms. The quantitative estimate of drug-likeness (QED) is 0.125. The molecule has 16 saturated heterocycles. The molecule has 0 unspecified atom stereocenters. The maximum atomic E-state index is 14.8. The summed E-state index contributed by atoms with van der Waals surface area (Å²) >= 11 is 0. The van der Waals surface area contributed by atoms with Crippen LogP contribution in [0.25, 0.3) is 11.1 Å². The minimum absolute atomic E-state index is 0.130. The van der Waals surface area contributed by atoms with E-state index in [9.17, 15) is 16.8 Å². The van der Waals surface area contributed by atoms with E-state index in [1.54, 1.807) is 0 Å². The number of benzene rings is 2. The fourth-order valence-corrected chi connectivity index (χ4v) is 18.4. The summed E-state index contributed by atoms with van der Waals surface area (Å²) in [6.07, 6.45) is -43.8. The Bertz CT molecular complexity index is 3420. The lowest BCUT2D eigenvalue weighted by Gasteiger charge is -2.52. The molecular formula is C73H114O39S2. The normalized spacial score (nSPS) is 42.9. The molecule has 114 heavy (non-hydrogen) atoms. The second kappa shape index (κ2) is 42.2. The first kappa shape index (κ1) is 91.7. The molecule has 0 saturated carbocycles. The van der Waals surface area contributed by atoms with Crippen LogP contribution in [0.2, 0.25) is 0 Å². The average Bonchev–Trinajstić information content (AvgIpc) is 0.767. The molecule has 0 aromatic heterocycles. The molecule has 0 amide bonds. The third kappa shape index (κ3) is 19.4. The Morgan fingerprint density at radius 2 is 0.412 bits per heavy atom. The van der Waals surface area contributed by atoms with E-state index in [2.05, 4.69) is 0 Å². The summed E-state index contributed by atoms with van der Waals surface area (Å²) in [6.45, 7) is -2.38. The van der Waals surface area contributed by atoms with E-state index >= 15 is 0 Å². The first-order valence-electron chi connectivity index (χ1n) is 37.2. The monoisotopic (exact) mass is 1680 g/mol. The molecule has 0 aliphatic carbocycles. The second-order valence-corrected chi connectivity index (χ2v) is 31.3. The van der Waals surface area contributed by atoms with Crippen molar-refractivity contribution in [2.75, 3.05) is 181 Å². The van der Waals surface area contributed by atoms with Gasteiger partial charge in [0, 0.05) is 135 Å². The van der Waals surface area contributed by atoms with Crippen molar-refractivity contribution in [1.29, 1.82) is 0 Å². The Balaban J connectivity index is 1.10. The predicted octanol–water partition coefficient (Wildman–Crippen LogP) is 0.00410. The highest BCUT2D eigenvalue weighted by atomic mass is 32.2. The standard InChI is InChI=1S/C73H114O39S2/c1-78-28-39-46-53(83-6)60(90-13)67(99-39)107-47-40(29-79-2)102-70(63(93-16)54(47)84-7)111-51-44-33-97-113(74,75)37-24-20-35(21-25-37)36-22-26-38(27-23-36)114(76,77)98-34-45-52(59(89-12)65(95-18)72(104-45)109-49-42(31-81-4)100-68(106-46)61(91-14)56(49)86-9)112-71-64(94-17)55(85-8)48(41(103-71)30-80-3)108-69-62(92-15)57(87-10)50(43(101-69)32-82-5)110-73(105-44)66(96-19)58(51)88-11/h20-27,39-73H,28-34H2,1-19H3/t39-,40+,41+,42-,43-,44+,45+,46-,47-,48+,49+,50+,51+,52-,53+,54+,55+,56-,57+,58-,59-,60+,61+,62+,63+,64+,65+,66+,67+,68+,69+,70+,71+,72+,73+/m1/s1. The largest absolute Gasteiger partial charge is 0.382 e. The van der Waals surface area contributed by atoms with E-state index in [0.717, 1.165) is 0 Å². The van der Waals surface area contributed by atoms with Gasteiger partial charge >= 0.3 is 0 Å². The molecule has 33 heterocycles. The molecule has 35 rings (SSSR count). The van der Waals surface area contributed by atoms with Crippen LogP contribution in [0.3, 0.4) is 0 Å². The van der Waals surface area contributed by atoms with Gasteiger partial charge in [0.15, 0.2) is 44.0 Å². The summed E-state index contributed by atoms with van der Waals surface area (Å²) < 4.78 is 287. The summed E-state index contributed by atoms with van der Waals surface area (Å²) in [4.78, 5) is -0.561. The van der Waals surface area contributed by atoms with E-state index in [4.69, 9.17) is 165 Å². The Morgan fingerprint density at radius 1 is 0.237 bits per heavy atom. The van der Waals surface area contributed by atoms with Crippen molar-refractivity contribution in [3.8, 4) is 11.1 Å². The van der Waals surface area contributed by atoms with Crippen molar-refractivity contribution in [2.24, 2.45) is 0 Å². The summed E-state index contributed by atoms with van der Waals surface area (Å²) in [7, 11) is 17.7. The maximum absolute atomic E-state index is 14.8. The highest BCUT2D eigenvalue weighted by Crippen LogP contribution is 2.44. The van der Waals surface area contributed by atoms with Gasteiger partial charge in [-0.3, -0.25) is 8.37 Å². The van der Waals surface area contributed by atoms with Crippen molar-refractivity contribution >= 4 is 20.2 Å². The molecule has 33 aliphatic heterocycles. The van der Waals surface area contributed by atoms with Crippen LogP contribution >= 0.6 is 0 Å². The van der Waals surface area contributed by atoms with Crippen molar-refractivity contribution in [3.63, 3.8) is 0 Å². The number of hydrogen-bond donors (Lipinski definition) is 0. The maximum Gasteiger partial charge on any atom is 0.297 e. The first-order valence-corrected chi connectivity index (χ1v) is 40.0. The zero-order valence-corrected chi connectivity index (χ0v) is 69.1. The van der Waals surface area contributed by atoms with E-state index in [1.807, 2.05) is 0 Å². The molecule has 0 N–H and O–H groups in total. The van der Waals surface area contributed by atoms with Gasteiger partial charge in [-0.05, 0) is 35.4 Å². The van der Waals surface area contributed by atoms with Gasteiger partial charge in [0.25, 0.3) is 20.2 Å². The van der Waals surface area contributed by atoms with Gasteiger partial charge in [-0.25, -0.2) is 0 Å². The SMILES string of the molecule is COC[C@@H]1O[C@H]2O[C@H]3[C@@H](OC)[C@H](OC)[C@@H]4O[C@@H]5[C@@H](OC)[C@H](OC)[C@H](O[C@H]6[C@H](OC)[C@H](OC)[C@H](O[C@H]7[C@H](OC)[C@H](OC)[C@H](O[C@@H]8[C@@H](OC)[C@H](OC)[C@H](O[C@@H]9[C@H](OC)[C@H](OC)[C@H](O[C@@H]1[C@H](OC)[C@@H]2OC)O[C@@H]9COC)O[C@H]8COS(=O)(=O)c1ccc(cc1)-c1ccc(cc1)S(=O)(=O)OC[C@@H]3O4)O[C@H]7COC)O[C@@H]6COC)O[C@@H]5COC. The smallest absolute Gasteiger partial charge is 0.297 e. The molecule has 652 valence electrons. The summed E-state index contributed by atoms with van der Waals surface area (Å²) in [5.74, 6) is 0. The summed E-state index contributed by atoms with van der Waals surface area (Å²) in [6, 6.07) is 11.4. The highest BCUT2D eigenvalue weighted by molar-refractivity contribution is 7.87. The van der Waals surface area contributed by atoms with Crippen LogP contribution in [0.4, 0.5) is 0 Å². The van der Waals surface area contributed by atoms with Crippen molar-refractivity contribution in [2.45, 2.75) is 225 Å². The number of methoxy groups -OCH3 is 19. The van der Waals surface area contributed by atoms with Gasteiger partial charge < -0.3 is 156 Å². The van der Waals surface area contributed by atoms with Crippen LogP contribution < -0.4 is 0 Å².